The first-order valence-electron chi connectivity index (χ1n) is 8.21. The van der Waals surface area contributed by atoms with Crippen LogP contribution in [0.4, 0.5) is 8.78 Å². The Balaban J connectivity index is 1.44. The van der Waals surface area contributed by atoms with E-state index in [0.717, 1.165) is 22.9 Å². The van der Waals surface area contributed by atoms with Crippen LogP contribution in [-0.2, 0) is 17.9 Å². The predicted molar refractivity (Wildman–Crippen MR) is 88.4 cm³/mol. The Morgan fingerprint density at radius 1 is 1.44 bits per heavy atom. The van der Waals surface area contributed by atoms with Crippen LogP contribution >= 0.6 is 11.3 Å². The summed E-state index contributed by atoms with van der Waals surface area (Å²) in [6.45, 7) is 3.15. The Labute approximate surface area is 148 Å². The molecule has 6 nitrogen and oxygen atoms in total. The van der Waals surface area contributed by atoms with E-state index in [4.69, 9.17) is 0 Å². The lowest BCUT2D eigenvalue weighted by Gasteiger charge is -2.40. The lowest BCUT2D eigenvalue weighted by molar-refractivity contribution is -0.166. The first-order chi connectivity index (χ1) is 11.9. The molecular weight excluding hydrogens is 348 g/mol. The van der Waals surface area contributed by atoms with Crippen LogP contribution in [0.2, 0.25) is 0 Å². The molecule has 134 valence electrons. The number of amides is 1. The van der Waals surface area contributed by atoms with Crippen LogP contribution < -0.4 is 0 Å². The van der Waals surface area contributed by atoms with Gasteiger partial charge < -0.3 is 4.90 Å². The number of aryl methyl sites for hydroxylation is 1. The number of thiazole rings is 1. The number of carbonyl (C=O) groups is 1. The van der Waals surface area contributed by atoms with E-state index in [9.17, 15) is 13.6 Å². The summed E-state index contributed by atoms with van der Waals surface area (Å²) in [4.78, 5) is 20.3. The molecule has 1 amide bonds. The second-order valence-corrected chi connectivity index (χ2v) is 7.82. The molecule has 2 aliphatic heterocycles. The normalized spacial score (nSPS) is 22.5. The van der Waals surface area contributed by atoms with Crippen molar-refractivity contribution in [3.05, 3.63) is 34.0 Å². The first-order valence-corrected chi connectivity index (χ1v) is 9.09. The van der Waals surface area contributed by atoms with Crippen molar-refractivity contribution < 1.29 is 13.6 Å². The molecule has 0 spiro atoms. The highest BCUT2D eigenvalue weighted by Gasteiger charge is 2.46. The Morgan fingerprint density at radius 2 is 2.24 bits per heavy atom. The summed E-state index contributed by atoms with van der Waals surface area (Å²) in [5.41, 5.74) is 2.05. The fraction of sp³-hybridized carbons (Fsp3) is 0.562. The van der Waals surface area contributed by atoms with Crippen molar-refractivity contribution in [2.75, 3.05) is 19.6 Å². The predicted octanol–water partition coefficient (Wildman–Crippen LogP) is 2.07. The number of fused-ring (bicyclic) bond motifs is 1. The van der Waals surface area contributed by atoms with Gasteiger partial charge >= 0.3 is 0 Å². The lowest BCUT2D eigenvalue weighted by Crippen LogP contribution is -2.58. The lowest BCUT2D eigenvalue weighted by atomic mass is 10.1. The third-order valence-corrected chi connectivity index (χ3v) is 5.43. The third-order valence-electron chi connectivity index (χ3n) is 4.61. The zero-order valence-corrected chi connectivity index (χ0v) is 14.7. The van der Waals surface area contributed by atoms with Crippen LogP contribution in [0.3, 0.4) is 0 Å². The molecule has 9 heteroatoms. The van der Waals surface area contributed by atoms with Crippen LogP contribution in [-0.4, -0.2) is 56.0 Å². The van der Waals surface area contributed by atoms with Gasteiger partial charge in [0.2, 0.25) is 5.91 Å². The summed E-state index contributed by atoms with van der Waals surface area (Å²) in [6.07, 6.45) is 1.92. The van der Waals surface area contributed by atoms with Crippen LogP contribution in [0.25, 0.3) is 0 Å². The van der Waals surface area contributed by atoms with E-state index in [1.54, 1.807) is 17.5 Å². The van der Waals surface area contributed by atoms with Gasteiger partial charge in [-0.3, -0.25) is 14.4 Å². The van der Waals surface area contributed by atoms with Gasteiger partial charge in [-0.05, 0) is 13.0 Å². The summed E-state index contributed by atoms with van der Waals surface area (Å²) < 4.78 is 27.9. The monoisotopic (exact) mass is 367 g/mol. The number of nitrogens with zero attached hydrogens (tertiary/aromatic N) is 5. The summed E-state index contributed by atoms with van der Waals surface area (Å²) in [5.74, 6) is -2.96. The van der Waals surface area contributed by atoms with Crippen LogP contribution in [0.1, 0.15) is 28.9 Å². The number of carbonyl (C=O) groups excluding carboxylic acids is 1. The third kappa shape index (κ3) is 3.43. The molecule has 0 aromatic carbocycles. The number of alkyl halides is 2. The zero-order valence-electron chi connectivity index (χ0n) is 13.9. The fourth-order valence-electron chi connectivity index (χ4n) is 3.47. The summed E-state index contributed by atoms with van der Waals surface area (Å²) >= 11 is 1.62. The van der Waals surface area contributed by atoms with Gasteiger partial charge in [-0.1, -0.05) is 0 Å². The molecule has 0 radical (unpaired) electrons. The molecule has 2 aromatic heterocycles. The van der Waals surface area contributed by atoms with E-state index < -0.39 is 19.0 Å². The summed E-state index contributed by atoms with van der Waals surface area (Å²) in [6, 6.07) is 1.80. The SMILES string of the molecule is Cc1nc(CN2Cc3ccnn3[C@H](CC(=O)N3CC(F)(F)C3)C2)cs1. The smallest absolute Gasteiger partial charge is 0.282 e. The summed E-state index contributed by atoms with van der Waals surface area (Å²) in [7, 11) is 0. The van der Waals surface area contributed by atoms with Crippen LogP contribution in [0.5, 0.6) is 0 Å². The Bertz CT molecular complexity index is 781. The van der Waals surface area contributed by atoms with Crippen LogP contribution in [0, 0.1) is 6.92 Å². The van der Waals surface area contributed by atoms with Crippen LogP contribution in [0.15, 0.2) is 17.6 Å². The van der Waals surface area contributed by atoms with Gasteiger partial charge in [-0.25, -0.2) is 13.8 Å². The molecule has 0 aliphatic carbocycles. The molecule has 0 N–H and O–H groups in total. The maximum Gasteiger partial charge on any atom is 0.282 e. The molecule has 4 heterocycles. The Hall–Kier alpha value is -1.87. The number of hydrogen-bond acceptors (Lipinski definition) is 5. The first kappa shape index (κ1) is 16.6. The van der Waals surface area contributed by atoms with Crippen molar-refractivity contribution in [3.8, 4) is 0 Å². The molecule has 2 aromatic rings. The van der Waals surface area contributed by atoms with E-state index in [2.05, 4.69) is 15.0 Å². The quantitative estimate of drug-likeness (QED) is 0.830. The molecule has 25 heavy (non-hydrogen) atoms. The molecule has 1 fully saturated rings. The molecule has 4 rings (SSSR count). The molecule has 0 saturated carbocycles. The van der Waals surface area contributed by atoms with Gasteiger partial charge in [-0.2, -0.15) is 5.10 Å². The largest absolute Gasteiger partial charge is 0.330 e. The number of halogens is 2. The average molecular weight is 367 g/mol. The fourth-order valence-corrected chi connectivity index (χ4v) is 4.07. The second kappa shape index (κ2) is 6.14. The van der Waals surface area contributed by atoms with Gasteiger partial charge in [0.05, 0.1) is 41.9 Å². The minimum absolute atomic E-state index is 0.139. The average Bonchev–Trinajstić information content (AvgIpc) is 3.13. The van der Waals surface area contributed by atoms with Gasteiger partial charge in [0.25, 0.3) is 5.92 Å². The van der Waals surface area contributed by atoms with E-state index in [1.807, 2.05) is 23.1 Å². The highest BCUT2D eigenvalue weighted by molar-refractivity contribution is 7.09. The van der Waals surface area contributed by atoms with Crippen molar-refractivity contribution in [3.63, 3.8) is 0 Å². The Morgan fingerprint density at radius 3 is 2.92 bits per heavy atom. The highest BCUT2D eigenvalue weighted by atomic mass is 32.1. The van der Waals surface area contributed by atoms with Gasteiger partial charge in [0, 0.05) is 31.2 Å². The topological polar surface area (TPSA) is 54.3 Å². The second-order valence-electron chi connectivity index (χ2n) is 6.76. The number of hydrogen-bond donors (Lipinski definition) is 0. The van der Waals surface area contributed by atoms with Crippen molar-refractivity contribution in [2.45, 2.75) is 38.4 Å². The maximum absolute atomic E-state index is 13.0. The van der Waals surface area contributed by atoms with E-state index in [0.29, 0.717) is 13.1 Å². The molecule has 0 unspecified atom stereocenters. The van der Waals surface area contributed by atoms with E-state index in [-0.39, 0.29) is 18.4 Å². The molecule has 2 aliphatic rings. The minimum atomic E-state index is -2.73. The number of aromatic nitrogens is 3. The molecule has 1 atom stereocenters. The van der Waals surface area contributed by atoms with E-state index >= 15 is 0 Å². The molecule has 1 saturated heterocycles. The van der Waals surface area contributed by atoms with Gasteiger partial charge in [-0.15, -0.1) is 11.3 Å². The molecule has 0 bridgehead atoms. The highest BCUT2D eigenvalue weighted by Crippen LogP contribution is 2.30. The number of likely N-dealkylation sites (tertiary alicyclic amines) is 1. The van der Waals surface area contributed by atoms with Crippen molar-refractivity contribution >= 4 is 17.2 Å². The van der Waals surface area contributed by atoms with Gasteiger partial charge in [0.1, 0.15) is 0 Å². The van der Waals surface area contributed by atoms with Crippen molar-refractivity contribution in [2.24, 2.45) is 0 Å². The maximum atomic E-state index is 13.0. The van der Waals surface area contributed by atoms with Crippen molar-refractivity contribution in [1.29, 1.82) is 0 Å². The summed E-state index contributed by atoms with van der Waals surface area (Å²) in [5, 5.41) is 7.40. The zero-order chi connectivity index (χ0) is 17.6. The van der Waals surface area contributed by atoms with Gasteiger partial charge in [0.15, 0.2) is 0 Å². The Kier molecular flexibility index (Phi) is 4.07. The standard InChI is InChI=1S/C16H19F2N5OS/c1-11-20-12(8-25-11)5-21-6-13-2-3-19-23(13)14(7-21)4-15(24)22-9-16(17,18)10-22/h2-3,8,14H,4-7,9-10H2,1H3/t14-/m1/s1. The minimum Gasteiger partial charge on any atom is -0.330 e. The van der Waals surface area contributed by atoms with E-state index in [1.165, 1.54) is 4.90 Å². The van der Waals surface area contributed by atoms with Crippen molar-refractivity contribution in [1.82, 2.24) is 24.6 Å². The molecular formula is C16H19F2N5OS. The number of rotatable bonds is 4.